The first-order chi connectivity index (χ1) is 14.5. The van der Waals surface area contributed by atoms with Gasteiger partial charge < -0.3 is 15.4 Å². The number of carbonyl (C=O) groups is 2. The largest absolute Gasteiger partial charge is 0.465 e. The number of likely N-dealkylation sites (tertiary alicyclic amines) is 1. The monoisotopic (exact) mass is 409 g/mol. The highest BCUT2D eigenvalue weighted by Gasteiger charge is 2.36. The lowest BCUT2D eigenvalue weighted by Gasteiger charge is -2.24. The Labute approximate surface area is 178 Å². The minimum Gasteiger partial charge on any atom is -0.465 e. The summed E-state index contributed by atoms with van der Waals surface area (Å²) < 4.78 is 4.74. The first kappa shape index (κ1) is 22.0. The third-order valence-corrected chi connectivity index (χ3v) is 5.34. The number of hydrogen-bond donors (Lipinski definition) is 2. The van der Waals surface area contributed by atoms with Crippen molar-refractivity contribution in [3.05, 3.63) is 71.3 Å². The maximum Gasteiger partial charge on any atom is 0.337 e. The lowest BCUT2D eigenvalue weighted by atomic mass is 10.1. The highest BCUT2D eigenvalue weighted by molar-refractivity contribution is 5.89. The van der Waals surface area contributed by atoms with Gasteiger partial charge >= 0.3 is 5.97 Å². The van der Waals surface area contributed by atoms with Crippen molar-refractivity contribution in [2.75, 3.05) is 13.7 Å². The van der Waals surface area contributed by atoms with Gasteiger partial charge in [-0.3, -0.25) is 9.69 Å². The van der Waals surface area contributed by atoms with Crippen LogP contribution in [0.2, 0.25) is 0 Å². The van der Waals surface area contributed by atoms with Crippen LogP contribution in [0.5, 0.6) is 0 Å². The fraction of sp³-hybridized carbons (Fsp3) is 0.417. The van der Waals surface area contributed by atoms with Gasteiger partial charge in [-0.05, 0) is 43.5 Å². The average molecular weight is 410 g/mol. The molecular formula is C24H31N3O3. The van der Waals surface area contributed by atoms with E-state index in [4.69, 9.17) is 4.74 Å². The average Bonchev–Trinajstić information content (AvgIpc) is 3.15. The first-order valence-corrected chi connectivity index (χ1v) is 10.4. The van der Waals surface area contributed by atoms with Crippen LogP contribution in [0.4, 0.5) is 0 Å². The summed E-state index contributed by atoms with van der Waals surface area (Å²) in [6, 6.07) is 17.9. The molecule has 0 saturated carbocycles. The Morgan fingerprint density at radius 1 is 1.07 bits per heavy atom. The van der Waals surface area contributed by atoms with E-state index in [9.17, 15) is 9.59 Å². The smallest absolute Gasteiger partial charge is 0.337 e. The summed E-state index contributed by atoms with van der Waals surface area (Å²) >= 11 is 0. The van der Waals surface area contributed by atoms with Gasteiger partial charge in [-0.2, -0.15) is 0 Å². The third kappa shape index (κ3) is 5.90. The molecule has 0 aromatic heterocycles. The molecule has 1 saturated heterocycles. The maximum atomic E-state index is 12.8. The Morgan fingerprint density at radius 2 is 1.77 bits per heavy atom. The minimum atomic E-state index is -0.333. The van der Waals surface area contributed by atoms with Crippen molar-refractivity contribution >= 4 is 11.9 Å². The van der Waals surface area contributed by atoms with E-state index in [1.165, 1.54) is 12.7 Å². The molecule has 1 heterocycles. The SMILES string of the molecule is COC(=O)c1ccc(CN[C@H]2C[C@@H](C(=O)NC(C)C)N(Cc3ccccc3)C2)cc1. The molecule has 1 fully saturated rings. The van der Waals surface area contributed by atoms with Crippen molar-refractivity contribution in [2.24, 2.45) is 0 Å². The molecule has 0 bridgehead atoms. The Hall–Kier alpha value is -2.70. The fourth-order valence-electron chi connectivity index (χ4n) is 3.84. The standard InChI is InChI=1S/C24H31N3O3/c1-17(2)26-23(28)22-13-21(16-27(22)15-19-7-5-4-6-8-19)25-14-18-9-11-20(12-10-18)24(29)30-3/h4-12,17,21-22,25H,13-16H2,1-3H3,(H,26,28)/t21-,22-/m0/s1. The number of nitrogens with one attached hydrogen (secondary N) is 2. The highest BCUT2D eigenvalue weighted by atomic mass is 16.5. The lowest BCUT2D eigenvalue weighted by Crippen LogP contribution is -2.45. The molecule has 1 amide bonds. The number of carbonyl (C=O) groups excluding carboxylic acids is 2. The molecule has 2 atom stereocenters. The Kier molecular flexibility index (Phi) is 7.60. The quantitative estimate of drug-likeness (QED) is 0.656. The normalized spacial score (nSPS) is 19.1. The van der Waals surface area contributed by atoms with Gasteiger partial charge in [-0.25, -0.2) is 4.79 Å². The molecule has 1 aliphatic heterocycles. The molecule has 6 nitrogen and oxygen atoms in total. The van der Waals surface area contributed by atoms with E-state index < -0.39 is 0 Å². The van der Waals surface area contributed by atoms with Gasteiger partial charge in [0.1, 0.15) is 0 Å². The van der Waals surface area contributed by atoms with Crippen LogP contribution in [0, 0.1) is 0 Å². The molecule has 2 aromatic carbocycles. The molecule has 0 spiro atoms. The fourth-order valence-corrected chi connectivity index (χ4v) is 3.84. The van der Waals surface area contributed by atoms with Gasteiger partial charge in [0.05, 0.1) is 18.7 Å². The Balaban J connectivity index is 1.62. The van der Waals surface area contributed by atoms with E-state index >= 15 is 0 Å². The molecule has 2 aromatic rings. The van der Waals surface area contributed by atoms with E-state index in [-0.39, 0.29) is 30.0 Å². The van der Waals surface area contributed by atoms with Gasteiger partial charge in [0.2, 0.25) is 5.91 Å². The zero-order valence-corrected chi connectivity index (χ0v) is 17.9. The molecule has 1 aliphatic rings. The van der Waals surface area contributed by atoms with E-state index in [1.807, 2.05) is 44.2 Å². The number of nitrogens with zero attached hydrogens (tertiary/aromatic N) is 1. The molecule has 6 heteroatoms. The summed E-state index contributed by atoms with van der Waals surface area (Å²) in [7, 11) is 1.38. The van der Waals surface area contributed by atoms with Crippen LogP contribution in [0.1, 0.15) is 41.8 Å². The summed E-state index contributed by atoms with van der Waals surface area (Å²) in [5, 5.41) is 6.64. The summed E-state index contributed by atoms with van der Waals surface area (Å²) in [5.41, 5.74) is 2.84. The van der Waals surface area contributed by atoms with E-state index in [0.29, 0.717) is 12.1 Å². The summed E-state index contributed by atoms with van der Waals surface area (Å²) in [4.78, 5) is 26.6. The van der Waals surface area contributed by atoms with Crippen LogP contribution >= 0.6 is 0 Å². The van der Waals surface area contributed by atoms with Crippen LogP contribution in [-0.4, -0.2) is 48.6 Å². The zero-order valence-electron chi connectivity index (χ0n) is 17.9. The topological polar surface area (TPSA) is 70.7 Å². The van der Waals surface area contributed by atoms with Gasteiger partial charge in [0.15, 0.2) is 0 Å². The molecular weight excluding hydrogens is 378 g/mol. The predicted octanol–water partition coefficient (Wildman–Crippen LogP) is 2.73. The number of methoxy groups -OCH3 is 1. The number of benzene rings is 2. The van der Waals surface area contributed by atoms with Crippen molar-refractivity contribution in [3.8, 4) is 0 Å². The number of amides is 1. The van der Waals surface area contributed by atoms with Gasteiger partial charge in [0.25, 0.3) is 0 Å². The molecule has 3 rings (SSSR count). The van der Waals surface area contributed by atoms with E-state index in [0.717, 1.165) is 25.1 Å². The predicted molar refractivity (Wildman–Crippen MR) is 117 cm³/mol. The zero-order chi connectivity index (χ0) is 21.5. The van der Waals surface area contributed by atoms with Crippen LogP contribution in [-0.2, 0) is 22.6 Å². The van der Waals surface area contributed by atoms with Crippen molar-refractivity contribution < 1.29 is 14.3 Å². The molecule has 0 aliphatic carbocycles. The Morgan fingerprint density at radius 3 is 2.40 bits per heavy atom. The summed E-state index contributed by atoms with van der Waals surface area (Å²) in [6.07, 6.45) is 0.769. The van der Waals surface area contributed by atoms with Gasteiger partial charge in [0, 0.05) is 31.7 Å². The highest BCUT2D eigenvalue weighted by Crippen LogP contribution is 2.22. The van der Waals surface area contributed by atoms with Crippen LogP contribution in [0.25, 0.3) is 0 Å². The number of hydrogen-bond acceptors (Lipinski definition) is 5. The van der Waals surface area contributed by atoms with E-state index in [2.05, 4.69) is 27.7 Å². The maximum absolute atomic E-state index is 12.8. The number of ether oxygens (including phenoxy) is 1. The van der Waals surface area contributed by atoms with Crippen LogP contribution < -0.4 is 10.6 Å². The number of esters is 1. The summed E-state index contributed by atoms with van der Waals surface area (Å²) in [5.74, 6) is -0.242. The molecule has 0 radical (unpaired) electrons. The van der Waals surface area contributed by atoms with Crippen molar-refractivity contribution in [3.63, 3.8) is 0 Å². The molecule has 2 N–H and O–H groups in total. The second kappa shape index (κ2) is 10.4. The second-order valence-electron chi connectivity index (χ2n) is 8.10. The first-order valence-electron chi connectivity index (χ1n) is 10.4. The van der Waals surface area contributed by atoms with Crippen molar-refractivity contribution in [1.82, 2.24) is 15.5 Å². The third-order valence-electron chi connectivity index (χ3n) is 5.34. The van der Waals surface area contributed by atoms with E-state index in [1.54, 1.807) is 12.1 Å². The van der Waals surface area contributed by atoms with Crippen molar-refractivity contribution in [1.29, 1.82) is 0 Å². The van der Waals surface area contributed by atoms with Crippen LogP contribution in [0.3, 0.4) is 0 Å². The summed E-state index contributed by atoms with van der Waals surface area (Å²) in [6.45, 7) is 6.22. The second-order valence-corrected chi connectivity index (χ2v) is 8.10. The van der Waals surface area contributed by atoms with Gasteiger partial charge in [-0.1, -0.05) is 42.5 Å². The Bertz CT molecular complexity index is 837. The molecule has 30 heavy (non-hydrogen) atoms. The molecule has 0 unspecified atom stereocenters. The molecule has 160 valence electrons. The minimum absolute atomic E-state index is 0.0904. The van der Waals surface area contributed by atoms with Crippen molar-refractivity contribution in [2.45, 2.75) is 51.5 Å². The van der Waals surface area contributed by atoms with Crippen LogP contribution in [0.15, 0.2) is 54.6 Å². The lowest BCUT2D eigenvalue weighted by molar-refractivity contribution is -0.126. The van der Waals surface area contributed by atoms with Gasteiger partial charge in [-0.15, -0.1) is 0 Å². The number of rotatable bonds is 8.